The van der Waals surface area contributed by atoms with Crippen molar-refractivity contribution < 1.29 is 85.9 Å². The first-order valence-electron chi connectivity index (χ1n) is 24.3. The minimum atomic E-state index is -1.82. The Morgan fingerprint density at radius 3 is 1.47 bits per heavy atom. The number of halogens is 2. The SMILES string of the molecule is Br.CC(C)(C)[O-].COc1cc(C2OCCO2)c([Si](C)(C)C)s1.Cc1nc(C=Cc2cc(C3OCCO3)c([Si](C)(C)C)s2)cs1.Cc1nc(C[P+](c2ccccc2)(c2ccccc2)c2ccccc2)cs1.[2H]CF.[K+]. The second kappa shape index (κ2) is 31.2. The zero-order valence-corrected chi connectivity index (χ0v) is 55.7. The number of thiophene rings is 2. The number of rotatable bonds is 12. The molecule has 2 saturated heterocycles. The first-order chi connectivity index (χ1) is 34.2. The molecule has 4 aromatic heterocycles. The summed E-state index contributed by atoms with van der Waals surface area (Å²) in [4.78, 5) is 10.5. The zero-order chi connectivity index (χ0) is 52.5. The van der Waals surface area contributed by atoms with Gasteiger partial charge in [-0.1, -0.05) is 115 Å². The predicted octanol–water partition coefficient (Wildman–Crippen LogP) is 9.88. The van der Waals surface area contributed by atoms with E-state index in [0.717, 1.165) is 26.9 Å². The van der Waals surface area contributed by atoms with Gasteiger partial charge >= 0.3 is 51.4 Å². The van der Waals surface area contributed by atoms with Gasteiger partial charge in [-0.2, -0.15) is 0 Å². The minimum Gasteiger partial charge on any atom is -0.850 e. The maximum Gasteiger partial charge on any atom is 1.00 e. The van der Waals surface area contributed by atoms with Gasteiger partial charge in [-0.15, -0.1) is 67.9 Å². The second-order valence-corrected chi connectivity index (χ2v) is 38.1. The van der Waals surface area contributed by atoms with Gasteiger partial charge in [0, 0.05) is 31.3 Å². The van der Waals surface area contributed by atoms with Gasteiger partial charge in [0.25, 0.3) is 0 Å². The van der Waals surface area contributed by atoms with Gasteiger partial charge in [-0.3, -0.25) is 4.39 Å². The van der Waals surface area contributed by atoms with Crippen LogP contribution in [0.3, 0.4) is 0 Å². The van der Waals surface area contributed by atoms with Crippen LogP contribution in [0, 0.1) is 13.8 Å². The predicted molar refractivity (Wildman–Crippen MR) is 319 cm³/mol. The summed E-state index contributed by atoms with van der Waals surface area (Å²) in [6.45, 7) is 25.9. The molecule has 2 aliphatic rings. The molecule has 0 atom stereocenters. The Morgan fingerprint density at radius 2 is 1.10 bits per heavy atom. The number of hydrogen-bond donors (Lipinski definition) is 0. The molecule has 3 aromatic carbocycles. The Bertz CT molecular complexity index is 2600. The summed E-state index contributed by atoms with van der Waals surface area (Å²) in [5.74, 6) is 0. The fraction of sp³-hybridized carbons (Fsp3) is 0.382. The molecule has 0 spiro atoms. The Balaban J connectivity index is 0.000000275. The summed E-state index contributed by atoms with van der Waals surface area (Å²) < 4.78 is 46.3. The van der Waals surface area contributed by atoms with Crippen LogP contribution >= 0.6 is 69.6 Å². The molecule has 0 unspecified atom stereocenters. The molecule has 0 bridgehead atoms. The van der Waals surface area contributed by atoms with E-state index in [4.69, 9.17) is 30.0 Å². The molecule has 2 fully saturated rings. The summed E-state index contributed by atoms with van der Waals surface area (Å²) in [7, 11) is -3.89. The van der Waals surface area contributed by atoms with Crippen molar-refractivity contribution in [2.24, 2.45) is 0 Å². The number of methoxy groups -OCH3 is 1. The van der Waals surface area contributed by atoms with Crippen molar-refractivity contribution >= 4 is 123 Å². The van der Waals surface area contributed by atoms with Crippen LogP contribution in [-0.4, -0.2) is 72.4 Å². The topological polar surface area (TPSA) is 95.0 Å². The molecule has 6 heterocycles. The number of thiazole rings is 2. The fourth-order valence-electron chi connectivity index (χ4n) is 7.70. The molecule has 0 aliphatic carbocycles. The van der Waals surface area contributed by atoms with Gasteiger partial charge in [0.1, 0.15) is 29.3 Å². The van der Waals surface area contributed by atoms with Crippen molar-refractivity contribution in [2.45, 2.75) is 98.2 Å². The van der Waals surface area contributed by atoms with E-state index in [-0.39, 0.29) is 80.9 Å². The number of aromatic nitrogens is 2. The van der Waals surface area contributed by atoms with Crippen LogP contribution < -0.4 is 86.1 Å². The third-order valence-corrected chi connectivity index (χ3v) is 25.9. The summed E-state index contributed by atoms with van der Waals surface area (Å²) >= 11 is 7.02. The van der Waals surface area contributed by atoms with Crippen molar-refractivity contribution in [3.8, 4) is 5.06 Å². The smallest absolute Gasteiger partial charge is 0.850 e. The molecule has 0 amide bonds. The molecule has 8 nitrogen and oxygen atoms in total. The quantitative estimate of drug-likeness (QED) is 0.0883. The number of benzene rings is 3. The maximum absolute atomic E-state index is 10.1. The largest absolute Gasteiger partial charge is 1.00 e. The number of aryl methyl sites for hydroxylation is 2. The maximum atomic E-state index is 10.1. The van der Waals surface area contributed by atoms with Crippen LogP contribution in [0.15, 0.2) is 114 Å². The summed E-state index contributed by atoms with van der Waals surface area (Å²) in [6, 6.07) is 37.2. The van der Waals surface area contributed by atoms with E-state index in [9.17, 15) is 9.50 Å². The number of nitrogens with zero attached hydrogens (tertiary/aromatic N) is 2. The van der Waals surface area contributed by atoms with Gasteiger partial charge in [0.2, 0.25) is 0 Å². The molecule has 18 heteroatoms. The Kier molecular flexibility index (Phi) is 27.4. The van der Waals surface area contributed by atoms with Gasteiger partial charge < -0.3 is 28.8 Å². The first kappa shape index (κ1) is 64.1. The van der Waals surface area contributed by atoms with Crippen LogP contribution in [0.1, 0.15) is 72.1 Å². The van der Waals surface area contributed by atoms with Crippen molar-refractivity contribution in [3.05, 3.63) is 151 Å². The Morgan fingerprint density at radius 1 is 0.699 bits per heavy atom. The molecule has 73 heavy (non-hydrogen) atoms. The Labute approximate surface area is 508 Å². The van der Waals surface area contributed by atoms with Gasteiger partial charge in [-0.25, -0.2) is 9.97 Å². The molecule has 2 aliphatic heterocycles. The van der Waals surface area contributed by atoms with Crippen molar-refractivity contribution in [3.63, 3.8) is 0 Å². The Hall–Kier alpha value is -1.43. The molecule has 390 valence electrons. The van der Waals surface area contributed by atoms with Crippen LogP contribution in [-0.2, 0) is 25.1 Å². The third-order valence-electron chi connectivity index (χ3n) is 10.5. The van der Waals surface area contributed by atoms with Crippen LogP contribution in [0.25, 0.3) is 12.2 Å². The average molecular weight is 1210 g/mol. The van der Waals surface area contributed by atoms with E-state index in [1.807, 2.05) is 18.3 Å². The molecular weight excluding hydrogens is 1140 g/mol. The van der Waals surface area contributed by atoms with E-state index in [2.05, 4.69) is 177 Å². The van der Waals surface area contributed by atoms with E-state index < -0.39 is 36.2 Å². The first-order valence-corrected chi connectivity index (χ1v) is 35.9. The molecule has 9 rings (SSSR count). The van der Waals surface area contributed by atoms with Crippen molar-refractivity contribution in [2.75, 3.05) is 40.7 Å². The molecule has 7 aromatic rings. The monoisotopic (exact) mass is 1210 g/mol. The molecule has 0 radical (unpaired) electrons. The fourth-order valence-corrected chi connectivity index (χ4v) is 19.9. The summed E-state index contributed by atoms with van der Waals surface area (Å²) in [5.41, 5.74) is 3.88. The van der Waals surface area contributed by atoms with E-state index >= 15 is 0 Å². The van der Waals surface area contributed by atoms with E-state index in [1.165, 1.54) is 46.6 Å². The van der Waals surface area contributed by atoms with Crippen molar-refractivity contribution in [1.82, 2.24) is 9.97 Å². The number of ether oxygens (including phenoxy) is 5. The van der Waals surface area contributed by atoms with Crippen LogP contribution in [0.2, 0.25) is 39.3 Å². The minimum absolute atomic E-state index is 0. The summed E-state index contributed by atoms with van der Waals surface area (Å²) in [6.07, 6.45) is 4.84. The second-order valence-electron chi connectivity index (χ2n) is 19.7. The van der Waals surface area contributed by atoms with Gasteiger partial charge in [0.15, 0.2) is 17.6 Å². The summed E-state index contributed by atoms with van der Waals surface area (Å²) in [5, 5.41) is 21.8. The standard InChI is InChI=1S/C23H21NPS.C16H21NO2S2Si.C11H18O3SSi.C4H9O.CH3F.BrH.K/c1-19-24-20(18-26-19)17-25(21-11-5-2-6-12-21,22-13-7-3-8-14-22)23-15-9-4-10-16-23;1-11-17-12(10-20-11)5-6-13-9-14(15-18-7-8-19-15)16(21-13)22(2,3)4;1-12-9-7-8(10-13-5-6-14-10)11(15-9)16(2,3)4;1-4(2,3)5;1-2;;/h2-16,18H,17H2,1H3;5-6,9-10,15H,7-8H2,1-4H3;7,10H,5-6H2,1-4H3;1-3H3;1H3;1H;/q+1;;;-1;;;+1/i;;;;1D;;. The number of hydrogen-bond acceptors (Lipinski definition) is 12. The molecule has 0 saturated carbocycles. The number of alkyl halides is 1. The van der Waals surface area contributed by atoms with Crippen LogP contribution in [0.5, 0.6) is 5.06 Å². The van der Waals surface area contributed by atoms with Gasteiger partial charge in [0.05, 0.1) is 79.6 Å². The zero-order valence-electron chi connectivity index (χ0n) is 45.7. The van der Waals surface area contributed by atoms with E-state index in [0.29, 0.717) is 26.4 Å². The van der Waals surface area contributed by atoms with Crippen molar-refractivity contribution in [1.29, 1.82) is 0 Å². The average Bonchev–Trinajstić information content (AvgIpc) is 4.20. The van der Waals surface area contributed by atoms with E-state index in [1.54, 1.807) is 61.9 Å². The normalized spacial score (nSPS) is 14.2. The van der Waals surface area contributed by atoms with Crippen LogP contribution in [0.4, 0.5) is 4.39 Å². The third kappa shape index (κ3) is 20.1. The van der Waals surface area contributed by atoms with Gasteiger partial charge in [-0.05, 0) is 79.0 Å². The molecule has 0 N–H and O–H groups in total. The molecular formula is C55H73BrFKN2O6PS4Si2+.